The van der Waals surface area contributed by atoms with E-state index in [9.17, 15) is 0 Å². The summed E-state index contributed by atoms with van der Waals surface area (Å²) < 4.78 is 11.1. The van der Waals surface area contributed by atoms with E-state index in [1.165, 1.54) is 0 Å². The normalized spacial score (nSPS) is 27.8. The smallest absolute Gasteiger partial charge is 0.223 e. The van der Waals surface area contributed by atoms with Gasteiger partial charge in [0.25, 0.3) is 0 Å². The molecule has 4 N–H and O–H groups in total. The zero-order valence-electron chi connectivity index (χ0n) is 16.2. The Bertz CT molecular complexity index is 645. The quantitative estimate of drug-likeness (QED) is 0.673. The molecule has 3 heterocycles. The largest absolute Gasteiger partial charge is 0.369 e. The molecule has 2 aliphatic heterocycles. The molecule has 0 saturated carbocycles. The lowest BCUT2D eigenvalue weighted by Gasteiger charge is -2.46. The Balaban J connectivity index is 1.70. The summed E-state index contributed by atoms with van der Waals surface area (Å²) in [7, 11) is 0. The van der Waals surface area contributed by atoms with Gasteiger partial charge in [0.15, 0.2) is 12.6 Å². The van der Waals surface area contributed by atoms with Gasteiger partial charge in [-0.15, -0.1) is 0 Å². The van der Waals surface area contributed by atoms with Gasteiger partial charge in [-0.2, -0.15) is 4.98 Å². The maximum Gasteiger partial charge on any atom is 0.223 e. The topological polar surface area (TPSA) is 94.3 Å². The highest BCUT2D eigenvalue weighted by Gasteiger charge is 2.37. The molecule has 0 aromatic carbocycles. The van der Waals surface area contributed by atoms with Crippen molar-refractivity contribution in [2.24, 2.45) is 5.92 Å². The molecule has 0 atom stereocenters. The van der Waals surface area contributed by atoms with Crippen LogP contribution >= 0.6 is 11.6 Å². The van der Waals surface area contributed by atoms with Crippen molar-refractivity contribution >= 4 is 23.4 Å². The minimum atomic E-state index is -0.313. The number of nitrogens with zero attached hydrogens (tertiary/aromatic N) is 2. The third kappa shape index (κ3) is 4.76. The molecule has 0 unspecified atom stereocenters. The summed E-state index contributed by atoms with van der Waals surface area (Å²) in [6, 6.07) is 0. The lowest BCUT2D eigenvalue weighted by molar-refractivity contribution is -0.374. The summed E-state index contributed by atoms with van der Waals surface area (Å²) in [4.78, 5) is 8.44. The molecule has 1 aromatic heterocycles. The van der Waals surface area contributed by atoms with Crippen LogP contribution in [0.2, 0.25) is 5.15 Å². The fourth-order valence-electron chi connectivity index (χ4n) is 4.42. The number of hydrogen-bond acceptors (Lipinski definition) is 7. The number of ether oxygens (including phenoxy) is 2. The summed E-state index contributed by atoms with van der Waals surface area (Å²) in [5.74, 6) is 1.35. The fraction of sp³-hybridized carbons (Fsp3) is 0.778. The zero-order chi connectivity index (χ0) is 19.1. The Morgan fingerprint density at radius 3 is 2.38 bits per heavy atom. The molecule has 0 spiro atoms. The fourth-order valence-corrected chi connectivity index (χ4v) is 4.67. The van der Waals surface area contributed by atoms with Crippen LogP contribution in [0.25, 0.3) is 0 Å². The van der Waals surface area contributed by atoms with Gasteiger partial charge in [-0.25, -0.2) is 4.98 Å². The average molecular weight is 384 g/mol. The van der Waals surface area contributed by atoms with E-state index in [4.69, 9.17) is 26.8 Å². The van der Waals surface area contributed by atoms with E-state index in [1.807, 2.05) is 6.92 Å². The van der Waals surface area contributed by atoms with Crippen LogP contribution in [0.15, 0.2) is 0 Å². The number of aromatic nitrogens is 2. The maximum atomic E-state index is 6.32. The molecule has 2 aliphatic rings. The van der Waals surface area contributed by atoms with Crippen molar-refractivity contribution in [1.29, 1.82) is 0 Å². The first-order valence-electron chi connectivity index (χ1n) is 9.19. The number of nitrogen functional groups attached to an aromatic ring is 1. The first-order chi connectivity index (χ1) is 12.0. The lowest BCUT2D eigenvalue weighted by atomic mass is 9.76. The molecular weight excluding hydrogens is 354 g/mol. The van der Waals surface area contributed by atoms with Crippen molar-refractivity contribution in [3.63, 3.8) is 0 Å². The standard InChI is InChI=1S/C18H30ClN5O2/c1-10-25-13(26-10)6-12-14(19)22-16(20)23-15(12)21-9-11-7-17(2,3)24-18(4,5)8-11/h10-11,13,24H,6-9H2,1-5H3,(H3,20,21,22,23). The second-order valence-corrected chi connectivity index (χ2v) is 9.08. The number of anilines is 2. The second kappa shape index (κ2) is 7.11. The molecule has 0 amide bonds. The molecule has 1 aromatic rings. The van der Waals surface area contributed by atoms with Gasteiger partial charge in [-0.05, 0) is 53.4 Å². The Morgan fingerprint density at radius 1 is 1.19 bits per heavy atom. The first kappa shape index (κ1) is 19.6. The Morgan fingerprint density at radius 2 is 1.81 bits per heavy atom. The SMILES string of the molecule is CC1OC(Cc2c(Cl)nc(N)nc2NCC2CC(C)(C)NC(C)(C)C2)O1. The predicted molar refractivity (Wildman–Crippen MR) is 103 cm³/mol. The molecule has 3 rings (SSSR count). The van der Waals surface area contributed by atoms with Crippen molar-refractivity contribution in [3.05, 3.63) is 10.7 Å². The molecular formula is C18H30ClN5O2. The number of halogens is 1. The van der Waals surface area contributed by atoms with Gasteiger partial charge in [0, 0.05) is 29.6 Å². The van der Waals surface area contributed by atoms with Crippen molar-refractivity contribution < 1.29 is 9.47 Å². The third-order valence-corrected chi connectivity index (χ3v) is 5.18. The third-order valence-electron chi connectivity index (χ3n) is 4.86. The Hall–Kier alpha value is -1.15. The Kier molecular flexibility index (Phi) is 5.36. The Labute approximate surface area is 160 Å². The molecule has 0 bridgehead atoms. The van der Waals surface area contributed by atoms with Crippen molar-refractivity contribution in [3.8, 4) is 0 Å². The van der Waals surface area contributed by atoms with E-state index < -0.39 is 0 Å². The monoisotopic (exact) mass is 383 g/mol. The van der Waals surface area contributed by atoms with Crippen LogP contribution in [-0.4, -0.2) is 40.2 Å². The van der Waals surface area contributed by atoms with Gasteiger partial charge in [-0.3, -0.25) is 0 Å². The highest BCUT2D eigenvalue weighted by atomic mass is 35.5. The van der Waals surface area contributed by atoms with Crippen LogP contribution in [0.1, 0.15) is 53.0 Å². The summed E-state index contributed by atoms with van der Waals surface area (Å²) >= 11 is 6.32. The van der Waals surface area contributed by atoms with Crippen LogP contribution in [0.5, 0.6) is 0 Å². The minimum absolute atomic E-state index is 0.100. The van der Waals surface area contributed by atoms with Gasteiger partial charge in [0.1, 0.15) is 11.0 Å². The molecule has 8 heteroatoms. The summed E-state index contributed by atoms with van der Waals surface area (Å²) in [5.41, 5.74) is 6.79. The minimum Gasteiger partial charge on any atom is -0.369 e. The number of rotatable bonds is 5. The van der Waals surface area contributed by atoms with Gasteiger partial charge in [0.2, 0.25) is 5.95 Å². The number of hydrogen-bond donors (Lipinski definition) is 3. The average Bonchev–Trinajstić information content (AvgIpc) is 2.42. The molecule has 0 radical (unpaired) electrons. The van der Waals surface area contributed by atoms with E-state index in [2.05, 4.69) is 48.3 Å². The molecule has 7 nitrogen and oxygen atoms in total. The van der Waals surface area contributed by atoms with Crippen molar-refractivity contribution in [1.82, 2.24) is 15.3 Å². The van der Waals surface area contributed by atoms with Crippen LogP contribution in [0.4, 0.5) is 11.8 Å². The van der Waals surface area contributed by atoms with E-state index in [0.717, 1.165) is 24.9 Å². The van der Waals surface area contributed by atoms with Crippen LogP contribution in [0.3, 0.4) is 0 Å². The molecule has 2 saturated heterocycles. The van der Waals surface area contributed by atoms with E-state index in [0.29, 0.717) is 23.3 Å². The van der Waals surface area contributed by atoms with Crippen molar-refractivity contribution in [2.45, 2.75) is 77.5 Å². The van der Waals surface area contributed by atoms with Crippen molar-refractivity contribution in [2.75, 3.05) is 17.6 Å². The summed E-state index contributed by atoms with van der Waals surface area (Å²) in [6.45, 7) is 11.7. The maximum absolute atomic E-state index is 6.32. The van der Waals surface area contributed by atoms with Gasteiger partial charge in [0.05, 0.1) is 0 Å². The molecule has 0 aliphatic carbocycles. The van der Waals surface area contributed by atoms with Gasteiger partial charge in [-0.1, -0.05) is 11.6 Å². The summed E-state index contributed by atoms with van der Waals surface area (Å²) in [5, 5.41) is 7.50. The van der Waals surface area contributed by atoms with E-state index >= 15 is 0 Å². The van der Waals surface area contributed by atoms with Crippen LogP contribution in [-0.2, 0) is 15.9 Å². The molecule has 26 heavy (non-hydrogen) atoms. The summed E-state index contributed by atoms with van der Waals surface area (Å²) in [6.07, 6.45) is 2.17. The predicted octanol–water partition coefficient (Wildman–Crippen LogP) is 2.94. The van der Waals surface area contributed by atoms with E-state index in [1.54, 1.807) is 0 Å². The van der Waals surface area contributed by atoms with Crippen LogP contribution in [0, 0.1) is 5.92 Å². The number of piperidine rings is 1. The highest BCUT2D eigenvalue weighted by Crippen LogP contribution is 2.34. The zero-order valence-corrected chi connectivity index (χ0v) is 17.0. The first-order valence-corrected chi connectivity index (χ1v) is 9.57. The molecule has 2 fully saturated rings. The second-order valence-electron chi connectivity index (χ2n) is 8.72. The number of nitrogens with one attached hydrogen (secondary N) is 2. The van der Waals surface area contributed by atoms with Crippen LogP contribution < -0.4 is 16.4 Å². The van der Waals surface area contributed by atoms with E-state index in [-0.39, 0.29) is 29.6 Å². The van der Waals surface area contributed by atoms with Gasteiger partial charge < -0.3 is 25.8 Å². The molecule has 146 valence electrons. The lowest BCUT2D eigenvalue weighted by Crippen LogP contribution is -2.58. The highest BCUT2D eigenvalue weighted by molar-refractivity contribution is 6.30. The van der Waals surface area contributed by atoms with Gasteiger partial charge >= 0.3 is 0 Å². The number of nitrogens with two attached hydrogens (primary N) is 1.